The van der Waals surface area contributed by atoms with Gasteiger partial charge in [0.05, 0.1) is 11.3 Å². The third-order valence-electron chi connectivity index (χ3n) is 3.24. The predicted molar refractivity (Wildman–Crippen MR) is 79.1 cm³/mol. The van der Waals surface area contributed by atoms with Crippen LogP contribution < -0.4 is 0 Å². The number of carboxylic acids is 1. The molecule has 0 aliphatic carbocycles. The van der Waals surface area contributed by atoms with Crippen LogP contribution in [0.5, 0.6) is 0 Å². The maximum atomic E-state index is 13.5. The molecular weight excluding hydrogens is 301 g/mol. The van der Waals surface area contributed by atoms with E-state index in [2.05, 4.69) is 10.3 Å². The van der Waals surface area contributed by atoms with Crippen LogP contribution in [0.15, 0.2) is 48.5 Å². The Morgan fingerprint density at radius 1 is 1.17 bits per heavy atom. The summed E-state index contributed by atoms with van der Waals surface area (Å²) in [4.78, 5) is 22.3. The van der Waals surface area contributed by atoms with Crippen LogP contribution in [0.2, 0.25) is 0 Å². The van der Waals surface area contributed by atoms with Gasteiger partial charge in [-0.2, -0.15) is 0 Å². The molecule has 0 aliphatic heterocycles. The normalized spacial score (nSPS) is 10.5. The molecule has 0 saturated heterocycles. The minimum absolute atomic E-state index is 0.0383. The van der Waals surface area contributed by atoms with E-state index in [1.165, 1.54) is 35.0 Å². The van der Waals surface area contributed by atoms with E-state index in [9.17, 15) is 14.0 Å². The van der Waals surface area contributed by atoms with E-state index in [-0.39, 0.29) is 11.3 Å². The summed E-state index contributed by atoms with van der Waals surface area (Å²) >= 11 is 0. The second-order valence-corrected chi connectivity index (χ2v) is 4.72. The van der Waals surface area contributed by atoms with Crippen LogP contribution in [0, 0.1) is 5.82 Å². The van der Waals surface area contributed by atoms with Gasteiger partial charge in [0.15, 0.2) is 12.0 Å². The summed E-state index contributed by atoms with van der Waals surface area (Å²) in [5, 5.41) is 16.7. The quantitative estimate of drug-likeness (QED) is 0.749. The van der Waals surface area contributed by atoms with Crippen molar-refractivity contribution in [3.63, 3.8) is 0 Å². The number of hydrogen-bond acceptors (Lipinski definition) is 4. The van der Waals surface area contributed by atoms with E-state index in [1.807, 2.05) is 0 Å². The summed E-state index contributed by atoms with van der Waals surface area (Å²) < 4.78 is 14.8. The Morgan fingerprint density at radius 2 is 1.96 bits per heavy atom. The molecule has 1 aromatic heterocycles. The molecule has 1 N–H and O–H groups in total. The molecule has 0 aliphatic rings. The van der Waals surface area contributed by atoms with Crippen molar-refractivity contribution in [2.45, 2.75) is 0 Å². The topological polar surface area (TPSA) is 85.1 Å². The Balaban J connectivity index is 2.22. The molecule has 114 valence electrons. The average Bonchev–Trinajstić information content (AvgIpc) is 2.99. The van der Waals surface area contributed by atoms with Crippen molar-refractivity contribution in [2.24, 2.45) is 0 Å². The number of rotatable bonds is 4. The van der Waals surface area contributed by atoms with Crippen LogP contribution in [0.25, 0.3) is 16.9 Å². The maximum absolute atomic E-state index is 13.5. The first-order chi connectivity index (χ1) is 11.1. The van der Waals surface area contributed by atoms with E-state index >= 15 is 0 Å². The van der Waals surface area contributed by atoms with Gasteiger partial charge in [-0.25, -0.2) is 13.9 Å². The Bertz CT molecular complexity index is 905. The fourth-order valence-corrected chi connectivity index (χ4v) is 2.23. The highest BCUT2D eigenvalue weighted by Crippen LogP contribution is 2.25. The zero-order valence-corrected chi connectivity index (χ0v) is 11.7. The van der Waals surface area contributed by atoms with Gasteiger partial charge in [0.2, 0.25) is 0 Å². The zero-order chi connectivity index (χ0) is 16.4. The third kappa shape index (κ3) is 2.71. The molecule has 0 saturated carbocycles. The minimum Gasteiger partial charge on any atom is -0.478 e. The molecule has 1 heterocycles. The number of carboxylic acid groups (broad SMARTS) is 1. The molecular formula is C16H10FN3O3. The lowest BCUT2D eigenvalue weighted by Crippen LogP contribution is -2.03. The van der Waals surface area contributed by atoms with Gasteiger partial charge in [0.25, 0.3) is 0 Å². The van der Waals surface area contributed by atoms with Crippen molar-refractivity contribution in [3.8, 4) is 16.9 Å². The maximum Gasteiger partial charge on any atom is 0.335 e. The first kappa shape index (κ1) is 14.6. The zero-order valence-electron chi connectivity index (χ0n) is 11.7. The lowest BCUT2D eigenvalue weighted by molar-refractivity contribution is 0.0696. The number of carbonyl (C=O) groups is 2. The number of carbonyl (C=O) groups excluding carboxylic acids is 1. The van der Waals surface area contributed by atoms with Crippen molar-refractivity contribution >= 4 is 12.3 Å². The molecule has 0 amide bonds. The molecule has 0 bridgehead atoms. The summed E-state index contributed by atoms with van der Waals surface area (Å²) in [6.45, 7) is 0. The summed E-state index contributed by atoms with van der Waals surface area (Å²) in [6.07, 6.45) is 0.519. The lowest BCUT2D eigenvalue weighted by atomic mass is 10.1. The number of halogens is 1. The van der Waals surface area contributed by atoms with Crippen molar-refractivity contribution < 1.29 is 19.1 Å². The van der Waals surface area contributed by atoms with E-state index < -0.39 is 11.8 Å². The van der Waals surface area contributed by atoms with Crippen molar-refractivity contribution in [1.82, 2.24) is 15.0 Å². The molecule has 0 atom stereocenters. The Hall–Kier alpha value is -3.35. The number of aldehydes is 1. The highest BCUT2D eigenvalue weighted by atomic mass is 19.1. The summed E-state index contributed by atoms with van der Waals surface area (Å²) in [5.74, 6) is -1.55. The second kappa shape index (κ2) is 5.80. The summed E-state index contributed by atoms with van der Waals surface area (Å²) in [5.41, 5.74) is 1.22. The van der Waals surface area contributed by atoms with Crippen molar-refractivity contribution in [1.29, 1.82) is 0 Å². The van der Waals surface area contributed by atoms with Crippen LogP contribution in [-0.4, -0.2) is 32.4 Å². The lowest BCUT2D eigenvalue weighted by Gasteiger charge is -2.08. The van der Waals surface area contributed by atoms with E-state index in [1.54, 1.807) is 18.2 Å². The number of aromatic nitrogens is 3. The SMILES string of the molecule is O=Cc1nnn(-c2cccc(C(=O)O)c2)c1-c1cccc(F)c1. The van der Waals surface area contributed by atoms with Gasteiger partial charge in [0, 0.05) is 5.56 Å². The van der Waals surface area contributed by atoms with Crippen LogP contribution in [-0.2, 0) is 0 Å². The molecule has 3 rings (SSSR count). The smallest absolute Gasteiger partial charge is 0.335 e. The molecule has 23 heavy (non-hydrogen) atoms. The van der Waals surface area contributed by atoms with Gasteiger partial charge in [-0.1, -0.05) is 23.4 Å². The fourth-order valence-electron chi connectivity index (χ4n) is 2.23. The van der Waals surface area contributed by atoms with Crippen LogP contribution in [0.4, 0.5) is 4.39 Å². The monoisotopic (exact) mass is 311 g/mol. The van der Waals surface area contributed by atoms with Gasteiger partial charge < -0.3 is 5.11 Å². The van der Waals surface area contributed by atoms with Gasteiger partial charge >= 0.3 is 5.97 Å². The molecule has 3 aromatic rings. The van der Waals surface area contributed by atoms with Crippen molar-refractivity contribution in [3.05, 3.63) is 65.6 Å². The number of benzene rings is 2. The van der Waals surface area contributed by atoms with Gasteiger partial charge in [0.1, 0.15) is 11.5 Å². The summed E-state index contributed by atoms with van der Waals surface area (Å²) in [6, 6.07) is 11.7. The Morgan fingerprint density at radius 3 is 2.65 bits per heavy atom. The van der Waals surface area contributed by atoms with Crippen LogP contribution >= 0.6 is 0 Å². The van der Waals surface area contributed by atoms with Gasteiger partial charge in [-0.3, -0.25) is 4.79 Å². The highest BCUT2D eigenvalue weighted by Gasteiger charge is 2.17. The van der Waals surface area contributed by atoms with E-state index in [4.69, 9.17) is 5.11 Å². The highest BCUT2D eigenvalue weighted by molar-refractivity contribution is 5.88. The average molecular weight is 311 g/mol. The van der Waals surface area contributed by atoms with Crippen LogP contribution in [0.3, 0.4) is 0 Å². The molecule has 0 spiro atoms. The van der Waals surface area contributed by atoms with E-state index in [0.29, 0.717) is 23.2 Å². The first-order valence-corrected chi connectivity index (χ1v) is 6.60. The molecule has 0 fully saturated rings. The number of aromatic carboxylic acids is 1. The number of hydrogen-bond donors (Lipinski definition) is 1. The Labute approximate surface area is 129 Å². The minimum atomic E-state index is -1.09. The van der Waals surface area contributed by atoms with Crippen LogP contribution in [0.1, 0.15) is 20.8 Å². The van der Waals surface area contributed by atoms with Gasteiger partial charge in [-0.15, -0.1) is 5.10 Å². The standard InChI is InChI=1S/C16H10FN3O3/c17-12-5-1-3-10(7-12)15-14(9-21)18-19-20(15)13-6-2-4-11(8-13)16(22)23/h1-9H,(H,22,23). The van der Waals surface area contributed by atoms with Gasteiger partial charge in [-0.05, 0) is 30.3 Å². The fraction of sp³-hybridized carbons (Fsp3) is 0. The molecule has 2 aromatic carbocycles. The Kier molecular flexibility index (Phi) is 3.68. The first-order valence-electron chi connectivity index (χ1n) is 6.60. The second-order valence-electron chi connectivity index (χ2n) is 4.72. The summed E-state index contributed by atoms with van der Waals surface area (Å²) in [7, 11) is 0. The molecule has 0 unspecified atom stereocenters. The third-order valence-corrected chi connectivity index (χ3v) is 3.24. The molecule has 6 nitrogen and oxygen atoms in total. The van der Waals surface area contributed by atoms with Crippen molar-refractivity contribution in [2.75, 3.05) is 0 Å². The van der Waals surface area contributed by atoms with E-state index in [0.717, 1.165) is 0 Å². The number of nitrogens with zero attached hydrogens (tertiary/aromatic N) is 3. The predicted octanol–water partition coefficient (Wildman–Crippen LogP) is 2.58. The largest absolute Gasteiger partial charge is 0.478 e. The molecule has 0 radical (unpaired) electrons. The molecule has 7 heteroatoms.